The first-order valence-electron chi connectivity index (χ1n) is 9.02. The van der Waals surface area contributed by atoms with Gasteiger partial charge in [0.1, 0.15) is 5.82 Å². The van der Waals surface area contributed by atoms with Crippen LogP contribution in [0.25, 0.3) is 0 Å². The van der Waals surface area contributed by atoms with Crippen molar-refractivity contribution in [2.75, 3.05) is 0 Å². The Labute approximate surface area is 146 Å². The lowest BCUT2D eigenvalue weighted by molar-refractivity contribution is 0.204. The predicted molar refractivity (Wildman–Crippen MR) is 92.6 cm³/mol. The molecular formula is C19H23FN4O. The van der Waals surface area contributed by atoms with Gasteiger partial charge in [-0.1, -0.05) is 18.6 Å². The Morgan fingerprint density at radius 2 is 2.04 bits per heavy atom. The van der Waals surface area contributed by atoms with Gasteiger partial charge in [-0.15, -0.1) is 0 Å². The van der Waals surface area contributed by atoms with E-state index in [2.05, 4.69) is 20.8 Å². The maximum absolute atomic E-state index is 13.2. The predicted octanol–water partition coefficient (Wildman–Crippen LogP) is 3.25. The molecule has 2 amide bonds. The molecule has 2 aliphatic rings. The minimum atomic E-state index is -0.251. The van der Waals surface area contributed by atoms with Gasteiger partial charge in [0.2, 0.25) is 0 Å². The van der Waals surface area contributed by atoms with Crippen LogP contribution in [0.2, 0.25) is 0 Å². The van der Waals surface area contributed by atoms with Gasteiger partial charge in [-0.25, -0.2) is 9.18 Å². The number of carbonyl (C=O) groups excluding carboxylic acids is 1. The van der Waals surface area contributed by atoms with Crippen LogP contribution in [0.5, 0.6) is 0 Å². The number of amides is 2. The van der Waals surface area contributed by atoms with Crippen molar-refractivity contribution in [2.24, 2.45) is 5.92 Å². The van der Waals surface area contributed by atoms with E-state index in [1.54, 1.807) is 12.1 Å². The quantitative estimate of drug-likeness (QED) is 0.798. The third-order valence-electron chi connectivity index (χ3n) is 5.49. The van der Waals surface area contributed by atoms with Crippen LogP contribution in [0, 0.1) is 11.7 Å². The number of halogens is 1. The van der Waals surface area contributed by atoms with Gasteiger partial charge in [-0.3, -0.25) is 5.10 Å². The smallest absolute Gasteiger partial charge is 0.315 e. The first kappa shape index (κ1) is 16.1. The molecule has 6 heteroatoms. The lowest BCUT2D eigenvalue weighted by Crippen LogP contribution is -2.47. The molecule has 1 aromatic carbocycles. The summed E-state index contributed by atoms with van der Waals surface area (Å²) in [7, 11) is 0. The van der Waals surface area contributed by atoms with E-state index >= 15 is 0 Å². The third-order valence-corrected chi connectivity index (χ3v) is 5.49. The molecule has 2 aromatic rings. The van der Waals surface area contributed by atoms with E-state index in [0.717, 1.165) is 37.7 Å². The molecule has 1 heterocycles. The maximum Gasteiger partial charge on any atom is 0.315 e. The van der Waals surface area contributed by atoms with Crippen molar-refractivity contribution in [3.05, 3.63) is 53.1 Å². The van der Waals surface area contributed by atoms with Gasteiger partial charge in [0.25, 0.3) is 0 Å². The summed E-state index contributed by atoms with van der Waals surface area (Å²) >= 11 is 0. The van der Waals surface area contributed by atoms with Gasteiger partial charge in [-0.05, 0) is 61.3 Å². The molecule has 4 rings (SSSR count). The van der Waals surface area contributed by atoms with Gasteiger partial charge in [0, 0.05) is 11.7 Å². The molecule has 0 bridgehead atoms. The zero-order valence-electron chi connectivity index (χ0n) is 14.1. The van der Waals surface area contributed by atoms with E-state index in [4.69, 9.17) is 0 Å². The van der Waals surface area contributed by atoms with Crippen LogP contribution in [-0.4, -0.2) is 22.3 Å². The highest BCUT2D eigenvalue weighted by atomic mass is 19.1. The van der Waals surface area contributed by atoms with E-state index in [1.807, 2.05) is 6.20 Å². The van der Waals surface area contributed by atoms with Crippen LogP contribution >= 0.6 is 0 Å². The van der Waals surface area contributed by atoms with Gasteiger partial charge >= 0.3 is 6.03 Å². The summed E-state index contributed by atoms with van der Waals surface area (Å²) < 4.78 is 13.2. The Hall–Kier alpha value is -2.37. The number of nitrogens with one attached hydrogen (secondary N) is 3. The molecule has 0 aliphatic heterocycles. The number of aromatic nitrogens is 2. The second-order valence-corrected chi connectivity index (χ2v) is 7.15. The second kappa shape index (κ2) is 6.86. The fourth-order valence-electron chi connectivity index (χ4n) is 3.82. The Kier molecular flexibility index (Phi) is 4.42. The van der Waals surface area contributed by atoms with Crippen LogP contribution < -0.4 is 10.6 Å². The van der Waals surface area contributed by atoms with Crippen LogP contribution in [0.3, 0.4) is 0 Å². The number of benzene rings is 1. The number of hydrogen-bond acceptors (Lipinski definition) is 2. The van der Waals surface area contributed by atoms with Gasteiger partial charge in [-0.2, -0.15) is 5.10 Å². The van der Waals surface area contributed by atoms with Crippen LogP contribution in [0.15, 0.2) is 30.5 Å². The number of urea groups is 1. The molecule has 3 N–H and O–H groups in total. The lowest BCUT2D eigenvalue weighted by Gasteiger charge is -2.35. The number of rotatable bonds is 4. The number of H-pyrrole nitrogens is 1. The zero-order chi connectivity index (χ0) is 17.2. The summed E-state index contributed by atoms with van der Waals surface area (Å²) in [6.45, 7) is 0. The van der Waals surface area contributed by atoms with Crippen molar-refractivity contribution >= 4 is 6.03 Å². The van der Waals surface area contributed by atoms with Gasteiger partial charge in [0.05, 0.1) is 12.2 Å². The molecule has 1 aromatic heterocycles. The number of fused-ring (bicyclic) bond motifs is 1. The molecule has 0 radical (unpaired) electrons. The minimum Gasteiger partial charge on any atom is -0.335 e. The summed E-state index contributed by atoms with van der Waals surface area (Å²) in [5.74, 6) is 0.182. The first-order chi connectivity index (χ1) is 12.2. The Morgan fingerprint density at radius 1 is 1.24 bits per heavy atom. The Morgan fingerprint density at radius 3 is 2.76 bits per heavy atom. The lowest BCUT2D eigenvalue weighted by atomic mass is 9.77. The maximum atomic E-state index is 13.2. The molecule has 5 nitrogen and oxygen atoms in total. The molecule has 0 spiro atoms. The van der Waals surface area contributed by atoms with E-state index in [-0.39, 0.29) is 23.9 Å². The molecule has 2 aliphatic carbocycles. The van der Waals surface area contributed by atoms with Crippen LogP contribution in [0.4, 0.5) is 9.18 Å². The number of aromatic amines is 1. The Balaban J connectivity index is 1.40. The summed E-state index contributed by atoms with van der Waals surface area (Å²) in [5, 5.41) is 13.3. The number of aryl methyl sites for hydroxylation is 1. The van der Waals surface area contributed by atoms with E-state index in [9.17, 15) is 9.18 Å². The van der Waals surface area contributed by atoms with Crippen molar-refractivity contribution in [2.45, 2.75) is 50.6 Å². The molecule has 2 atom stereocenters. The number of hydrogen-bond donors (Lipinski definition) is 3. The summed E-state index contributed by atoms with van der Waals surface area (Å²) in [5.41, 5.74) is 3.34. The SMILES string of the molecule is O=C(N[C@@H]1CCc2[nH]ncc2C1)N[C@H](c1ccc(F)cc1)C1CCC1. The monoisotopic (exact) mass is 342 g/mol. The summed E-state index contributed by atoms with van der Waals surface area (Å²) in [6, 6.07) is 6.40. The second-order valence-electron chi connectivity index (χ2n) is 7.15. The largest absolute Gasteiger partial charge is 0.335 e. The molecule has 0 unspecified atom stereocenters. The number of carbonyl (C=O) groups is 1. The van der Waals surface area contributed by atoms with Crippen molar-refractivity contribution in [1.29, 1.82) is 0 Å². The minimum absolute atomic E-state index is 0.0533. The fraction of sp³-hybridized carbons (Fsp3) is 0.474. The van der Waals surface area contributed by atoms with E-state index in [1.165, 1.54) is 29.8 Å². The van der Waals surface area contributed by atoms with Gasteiger partial charge in [0.15, 0.2) is 0 Å². The van der Waals surface area contributed by atoms with Gasteiger partial charge < -0.3 is 10.6 Å². The van der Waals surface area contributed by atoms with E-state index in [0.29, 0.717) is 5.92 Å². The average molecular weight is 342 g/mol. The first-order valence-corrected chi connectivity index (χ1v) is 9.02. The molecule has 1 fully saturated rings. The number of nitrogens with zero attached hydrogens (tertiary/aromatic N) is 1. The topological polar surface area (TPSA) is 69.8 Å². The Bertz CT molecular complexity index is 738. The fourth-order valence-corrected chi connectivity index (χ4v) is 3.82. The standard InChI is InChI=1S/C19H23FN4O/c20-15-6-4-13(5-7-15)18(12-2-1-3-12)23-19(25)22-16-8-9-17-14(10-16)11-21-24-17/h4-7,11-12,16,18H,1-3,8-10H2,(H,21,24)(H2,22,23,25)/t16-,18+/m1/s1. The summed E-state index contributed by atoms with van der Waals surface area (Å²) in [4.78, 5) is 12.5. The van der Waals surface area contributed by atoms with Crippen molar-refractivity contribution < 1.29 is 9.18 Å². The average Bonchev–Trinajstić information content (AvgIpc) is 3.01. The molecule has 25 heavy (non-hydrogen) atoms. The molecule has 1 saturated carbocycles. The van der Waals surface area contributed by atoms with Crippen molar-refractivity contribution in [3.63, 3.8) is 0 Å². The normalized spacial score (nSPS) is 21.1. The van der Waals surface area contributed by atoms with Crippen LogP contribution in [0.1, 0.15) is 48.5 Å². The zero-order valence-corrected chi connectivity index (χ0v) is 14.1. The molecule has 0 saturated heterocycles. The van der Waals surface area contributed by atoms with E-state index < -0.39 is 0 Å². The van der Waals surface area contributed by atoms with Crippen LogP contribution in [-0.2, 0) is 12.8 Å². The third kappa shape index (κ3) is 3.52. The summed E-state index contributed by atoms with van der Waals surface area (Å²) in [6.07, 6.45) is 7.87. The highest BCUT2D eigenvalue weighted by molar-refractivity contribution is 5.75. The highest BCUT2D eigenvalue weighted by Gasteiger charge is 2.30. The molecular weight excluding hydrogens is 319 g/mol. The van der Waals surface area contributed by atoms with Crippen molar-refractivity contribution in [1.82, 2.24) is 20.8 Å². The highest BCUT2D eigenvalue weighted by Crippen LogP contribution is 2.37. The molecule has 132 valence electrons. The van der Waals surface area contributed by atoms with Crippen molar-refractivity contribution in [3.8, 4) is 0 Å².